The van der Waals surface area contributed by atoms with E-state index in [-0.39, 0.29) is 5.91 Å². The van der Waals surface area contributed by atoms with Crippen molar-refractivity contribution < 1.29 is 4.79 Å². The molecule has 2 aliphatic heterocycles. The van der Waals surface area contributed by atoms with Crippen LogP contribution in [0.1, 0.15) is 48.8 Å². The standard InChI is InChI=1S/C29H33N2OP/c1-2-31-27-14-13-25(33)21-26(27)29(28(31)32,24-11-7-4-8-12-24)17-20-30-18-15-23(16-19-30)22-9-5-3-6-10-22/h3-14,21,23H,2,15-20,33H2,1H3. The van der Waals surface area contributed by atoms with E-state index in [9.17, 15) is 4.79 Å². The zero-order valence-corrected chi connectivity index (χ0v) is 20.6. The highest BCUT2D eigenvalue weighted by atomic mass is 31.0. The Labute approximate surface area is 200 Å². The van der Waals surface area contributed by atoms with Crippen LogP contribution in [0.2, 0.25) is 0 Å². The summed E-state index contributed by atoms with van der Waals surface area (Å²) in [5.41, 5.74) is 4.19. The van der Waals surface area contributed by atoms with Crippen LogP contribution in [0.25, 0.3) is 0 Å². The number of nitrogens with zero attached hydrogens (tertiary/aromatic N) is 2. The SMILES string of the molecule is CCN1C(=O)C(CCN2CCC(c3ccccc3)CC2)(c2ccccc2)c2cc(P)ccc21. The Morgan fingerprint density at radius 2 is 1.61 bits per heavy atom. The van der Waals surface area contributed by atoms with E-state index in [0.717, 1.165) is 48.2 Å². The van der Waals surface area contributed by atoms with Crippen molar-refractivity contribution in [2.75, 3.05) is 31.1 Å². The summed E-state index contributed by atoms with van der Waals surface area (Å²) < 4.78 is 0. The summed E-state index contributed by atoms with van der Waals surface area (Å²) in [4.78, 5) is 18.6. The first-order valence-electron chi connectivity index (χ1n) is 12.2. The van der Waals surface area contributed by atoms with Gasteiger partial charge >= 0.3 is 0 Å². The predicted molar refractivity (Wildman–Crippen MR) is 141 cm³/mol. The largest absolute Gasteiger partial charge is 0.311 e. The lowest BCUT2D eigenvalue weighted by molar-refractivity contribution is -0.122. The van der Waals surface area contributed by atoms with Crippen LogP contribution in [0.15, 0.2) is 78.9 Å². The zero-order valence-electron chi connectivity index (χ0n) is 19.4. The first-order valence-corrected chi connectivity index (χ1v) is 12.8. The number of rotatable bonds is 6. The molecule has 0 saturated carbocycles. The van der Waals surface area contributed by atoms with Crippen LogP contribution in [0.3, 0.4) is 0 Å². The second kappa shape index (κ2) is 9.41. The maximum Gasteiger partial charge on any atom is 0.242 e. The molecule has 0 aliphatic carbocycles. The highest BCUT2D eigenvalue weighted by molar-refractivity contribution is 7.27. The number of carbonyl (C=O) groups is 1. The Hall–Kier alpha value is -2.48. The van der Waals surface area contributed by atoms with Crippen molar-refractivity contribution in [3.05, 3.63) is 95.6 Å². The Bertz CT molecular complexity index is 1110. The Morgan fingerprint density at radius 1 is 0.939 bits per heavy atom. The molecule has 3 aromatic carbocycles. The number of benzene rings is 3. The summed E-state index contributed by atoms with van der Waals surface area (Å²) in [7, 11) is 2.81. The van der Waals surface area contributed by atoms with Gasteiger partial charge in [0.05, 0.1) is 0 Å². The second-order valence-corrected chi connectivity index (χ2v) is 10.0. The third-order valence-corrected chi connectivity index (χ3v) is 7.98. The quantitative estimate of drug-likeness (QED) is 0.482. The molecule has 2 aliphatic rings. The highest BCUT2D eigenvalue weighted by Crippen LogP contribution is 2.48. The fraction of sp³-hybridized carbons (Fsp3) is 0.345. The van der Waals surface area contributed by atoms with Gasteiger partial charge in [0.15, 0.2) is 0 Å². The first kappa shape index (κ1) is 22.3. The van der Waals surface area contributed by atoms with Crippen molar-refractivity contribution in [1.82, 2.24) is 4.90 Å². The lowest BCUT2D eigenvalue weighted by Gasteiger charge is -2.36. The Morgan fingerprint density at radius 3 is 2.27 bits per heavy atom. The van der Waals surface area contributed by atoms with Gasteiger partial charge in [0, 0.05) is 12.2 Å². The number of likely N-dealkylation sites (N-methyl/N-ethyl adjacent to an activating group) is 1. The number of piperidine rings is 1. The minimum atomic E-state index is -0.616. The molecule has 4 heteroatoms. The molecular formula is C29H33N2OP. The van der Waals surface area contributed by atoms with E-state index in [0.29, 0.717) is 12.5 Å². The van der Waals surface area contributed by atoms with Crippen molar-refractivity contribution >= 4 is 26.1 Å². The minimum Gasteiger partial charge on any atom is -0.311 e. The molecule has 1 amide bonds. The summed E-state index contributed by atoms with van der Waals surface area (Å²) in [5.74, 6) is 0.871. The van der Waals surface area contributed by atoms with Gasteiger partial charge in [-0.05, 0) is 85.9 Å². The lowest BCUT2D eigenvalue weighted by Crippen LogP contribution is -2.44. The molecule has 33 heavy (non-hydrogen) atoms. The van der Waals surface area contributed by atoms with Crippen molar-refractivity contribution in [3.63, 3.8) is 0 Å². The third kappa shape index (κ3) is 4.03. The van der Waals surface area contributed by atoms with Gasteiger partial charge in [0.25, 0.3) is 0 Å². The van der Waals surface area contributed by atoms with E-state index in [1.54, 1.807) is 0 Å². The van der Waals surface area contributed by atoms with E-state index in [1.165, 1.54) is 18.4 Å². The van der Waals surface area contributed by atoms with Gasteiger partial charge in [-0.2, -0.15) is 0 Å². The molecule has 2 unspecified atom stereocenters. The number of likely N-dealkylation sites (tertiary alicyclic amines) is 1. The van der Waals surface area contributed by atoms with E-state index >= 15 is 0 Å². The zero-order chi connectivity index (χ0) is 22.8. The molecule has 0 aromatic heterocycles. The summed E-state index contributed by atoms with van der Waals surface area (Å²) >= 11 is 0. The second-order valence-electron chi connectivity index (χ2n) is 9.37. The minimum absolute atomic E-state index is 0.223. The van der Waals surface area contributed by atoms with Crippen LogP contribution in [0.5, 0.6) is 0 Å². The summed E-state index contributed by atoms with van der Waals surface area (Å²) in [6.45, 7) is 5.88. The van der Waals surface area contributed by atoms with Crippen LogP contribution >= 0.6 is 9.24 Å². The fourth-order valence-corrected chi connectivity index (χ4v) is 6.09. The monoisotopic (exact) mass is 456 g/mol. The molecule has 2 heterocycles. The van der Waals surface area contributed by atoms with Gasteiger partial charge in [0.1, 0.15) is 5.41 Å². The van der Waals surface area contributed by atoms with E-state index in [4.69, 9.17) is 0 Å². The molecule has 1 fully saturated rings. The number of hydrogen-bond acceptors (Lipinski definition) is 2. The maximum absolute atomic E-state index is 14.0. The topological polar surface area (TPSA) is 23.6 Å². The summed E-state index contributed by atoms with van der Waals surface area (Å²) in [6.07, 6.45) is 3.18. The molecule has 0 radical (unpaired) electrons. The summed E-state index contributed by atoms with van der Waals surface area (Å²) in [5, 5.41) is 1.13. The third-order valence-electron chi connectivity index (χ3n) is 7.63. The first-order chi connectivity index (χ1) is 16.1. The fourth-order valence-electron chi connectivity index (χ4n) is 5.83. The van der Waals surface area contributed by atoms with Crippen molar-refractivity contribution in [2.45, 2.75) is 37.5 Å². The van der Waals surface area contributed by atoms with E-state index in [1.807, 2.05) is 11.0 Å². The molecule has 1 saturated heterocycles. The smallest absolute Gasteiger partial charge is 0.242 e. The molecule has 5 rings (SSSR count). The Balaban J connectivity index is 1.42. The molecule has 0 N–H and O–H groups in total. The Kier molecular flexibility index (Phi) is 6.36. The van der Waals surface area contributed by atoms with E-state index in [2.05, 4.69) is 93.9 Å². The number of fused-ring (bicyclic) bond motifs is 1. The van der Waals surface area contributed by atoms with Crippen LogP contribution in [-0.2, 0) is 10.2 Å². The van der Waals surface area contributed by atoms with E-state index < -0.39 is 5.41 Å². The average Bonchev–Trinajstić information content (AvgIpc) is 3.11. The molecule has 2 atom stereocenters. The number of carbonyl (C=O) groups excluding carboxylic acids is 1. The number of hydrogen-bond donors (Lipinski definition) is 0. The van der Waals surface area contributed by atoms with Gasteiger partial charge in [-0.1, -0.05) is 66.7 Å². The molecule has 0 spiro atoms. The average molecular weight is 457 g/mol. The van der Waals surface area contributed by atoms with Crippen LogP contribution in [0.4, 0.5) is 5.69 Å². The number of anilines is 1. The highest BCUT2D eigenvalue weighted by Gasteiger charge is 2.51. The van der Waals surface area contributed by atoms with Crippen molar-refractivity contribution in [3.8, 4) is 0 Å². The van der Waals surface area contributed by atoms with Gasteiger partial charge < -0.3 is 9.80 Å². The molecule has 170 valence electrons. The molecule has 3 nitrogen and oxygen atoms in total. The van der Waals surface area contributed by atoms with Gasteiger partial charge in [0.2, 0.25) is 5.91 Å². The summed E-state index contributed by atoms with van der Waals surface area (Å²) in [6, 6.07) is 27.8. The van der Waals surface area contributed by atoms with Crippen LogP contribution in [-0.4, -0.2) is 37.0 Å². The molecule has 3 aromatic rings. The molecule has 0 bridgehead atoms. The number of amides is 1. The lowest BCUT2D eigenvalue weighted by atomic mass is 9.72. The molecular weight excluding hydrogens is 423 g/mol. The van der Waals surface area contributed by atoms with Crippen molar-refractivity contribution in [1.29, 1.82) is 0 Å². The van der Waals surface area contributed by atoms with Gasteiger partial charge in [-0.15, -0.1) is 9.24 Å². The predicted octanol–water partition coefficient (Wildman–Crippen LogP) is 5.11. The normalized spacial score (nSPS) is 21.4. The van der Waals surface area contributed by atoms with Gasteiger partial charge in [-0.25, -0.2) is 0 Å². The van der Waals surface area contributed by atoms with Crippen LogP contribution in [0, 0.1) is 0 Å². The maximum atomic E-state index is 14.0. The van der Waals surface area contributed by atoms with Gasteiger partial charge in [-0.3, -0.25) is 4.79 Å². The van der Waals surface area contributed by atoms with Crippen LogP contribution < -0.4 is 10.2 Å². The van der Waals surface area contributed by atoms with Crippen molar-refractivity contribution in [2.24, 2.45) is 0 Å².